The molecule has 8 heteroatoms. The predicted molar refractivity (Wildman–Crippen MR) is 143 cm³/mol. The van der Waals surface area contributed by atoms with Gasteiger partial charge < -0.3 is 10.1 Å². The van der Waals surface area contributed by atoms with Crippen molar-refractivity contribution >= 4 is 40.1 Å². The minimum Gasteiger partial charge on any atom is -0.497 e. The number of carbonyl (C=O) groups is 2. The molecule has 2 heterocycles. The number of amides is 2. The summed E-state index contributed by atoms with van der Waals surface area (Å²) in [5, 5.41) is 9.53. The monoisotopic (exact) mass is 498 g/mol. The van der Waals surface area contributed by atoms with Crippen molar-refractivity contribution in [2.24, 2.45) is 10.1 Å². The minimum atomic E-state index is -0.582. The normalized spacial score (nSPS) is 19.2. The van der Waals surface area contributed by atoms with Crippen LogP contribution in [-0.4, -0.2) is 40.1 Å². The lowest BCUT2D eigenvalue weighted by atomic mass is 9.98. The van der Waals surface area contributed by atoms with Gasteiger partial charge in [-0.1, -0.05) is 54.2 Å². The van der Waals surface area contributed by atoms with Crippen molar-refractivity contribution in [1.29, 1.82) is 0 Å². The molecule has 0 bridgehead atoms. The summed E-state index contributed by atoms with van der Waals surface area (Å²) in [7, 11) is 1.64. The lowest BCUT2D eigenvalue weighted by Crippen LogP contribution is -2.25. The average molecular weight is 499 g/mol. The van der Waals surface area contributed by atoms with E-state index in [1.54, 1.807) is 7.11 Å². The SMILES string of the molecule is COc1ccc(C2=NN(C3=NC(=O)C(CC(=O)Nc4cccc(C)c4)S3)C(c3ccccc3)C2)cc1. The van der Waals surface area contributed by atoms with E-state index in [2.05, 4.69) is 22.4 Å². The highest BCUT2D eigenvalue weighted by molar-refractivity contribution is 8.15. The molecule has 0 aliphatic carbocycles. The molecule has 0 aromatic heterocycles. The Morgan fingerprint density at radius 1 is 1.08 bits per heavy atom. The van der Waals surface area contributed by atoms with Gasteiger partial charge in [0.05, 0.1) is 18.9 Å². The number of hydrogen-bond donors (Lipinski definition) is 1. The number of thioether (sulfide) groups is 1. The number of methoxy groups -OCH3 is 1. The number of nitrogens with zero attached hydrogens (tertiary/aromatic N) is 3. The molecule has 36 heavy (non-hydrogen) atoms. The van der Waals surface area contributed by atoms with Crippen molar-refractivity contribution in [3.8, 4) is 5.75 Å². The van der Waals surface area contributed by atoms with E-state index < -0.39 is 5.25 Å². The summed E-state index contributed by atoms with van der Waals surface area (Å²) in [6.45, 7) is 1.96. The van der Waals surface area contributed by atoms with Gasteiger partial charge in [0.25, 0.3) is 5.91 Å². The molecular weight excluding hydrogens is 472 g/mol. The molecule has 2 aliphatic rings. The van der Waals surface area contributed by atoms with Crippen molar-refractivity contribution in [2.45, 2.75) is 31.1 Å². The number of aliphatic imine (C=N–C) groups is 1. The number of hydrazone groups is 1. The average Bonchev–Trinajstić information content (AvgIpc) is 3.48. The Labute approximate surface area is 214 Å². The third-order valence-electron chi connectivity index (χ3n) is 6.12. The molecule has 2 amide bonds. The van der Waals surface area contributed by atoms with Crippen LogP contribution >= 0.6 is 11.8 Å². The van der Waals surface area contributed by atoms with Gasteiger partial charge in [0.1, 0.15) is 11.0 Å². The fraction of sp³-hybridized carbons (Fsp3) is 0.214. The zero-order chi connectivity index (χ0) is 25.1. The minimum absolute atomic E-state index is 0.0450. The van der Waals surface area contributed by atoms with Crippen molar-refractivity contribution in [3.05, 3.63) is 95.6 Å². The number of rotatable bonds is 6. The fourth-order valence-corrected chi connectivity index (χ4v) is 5.35. The van der Waals surface area contributed by atoms with E-state index in [9.17, 15) is 9.59 Å². The molecule has 2 aliphatic heterocycles. The highest BCUT2D eigenvalue weighted by atomic mass is 32.2. The van der Waals surface area contributed by atoms with E-state index in [-0.39, 0.29) is 24.3 Å². The Hall–Kier alpha value is -3.91. The molecule has 182 valence electrons. The van der Waals surface area contributed by atoms with Gasteiger partial charge in [0.2, 0.25) is 5.91 Å². The van der Waals surface area contributed by atoms with Crippen LogP contribution in [0.2, 0.25) is 0 Å². The maximum atomic E-state index is 12.8. The first kappa shape index (κ1) is 23.8. The van der Waals surface area contributed by atoms with Gasteiger partial charge in [-0.3, -0.25) is 9.59 Å². The molecular formula is C28H26N4O3S. The number of ether oxygens (including phenoxy) is 1. The zero-order valence-corrected chi connectivity index (χ0v) is 20.9. The lowest BCUT2D eigenvalue weighted by molar-refractivity contribution is -0.121. The quantitative estimate of drug-likeness (QED) is 0.506. The van der Waals surface area contributed by atoms with Crippen molar-refractivity contribution in [3.63, 3.8) is 0 Å². The third-order valence-corrected chi connectivity index (χ3v) is 7.26. The number of aryl methyl sites for hydroxylation is 1. The first-order chi connectivity index (χ1) is 17.5. The Morgan fingerprint density at radius 2 is 1.86 bits per heavy atom. The number of benzene rings is 3. The van der Waals surface area contributed by atoms with Crippen LogP contribution in [0.15, 0.2) is 89.0 Å². The van der Waals surface area contributed by atoms with E-state index in [1.165, 1.54) is 11.8 Å². The van der Waals surface area contributed by atoms with Gasteiger partial charge in [-0.25, -0.2) is 5.01 Å². The van der Waals surface area contributed by atoms with Crippen LogP contribution in [-0.2, 0) is 9.59 Å². The summed E-state index contributed by atoms with van der Waals surface area (Å²) in [6, 6.07) is 25.3. The molecule has 3 aromatic carbocycles. The van der Waals surface area contributed by atoms with Gasteiger partial charge >= 0.3 is 0 Å². The second kappa shape index (κ2) is 10.4. The molecule has 0 radical (unpaired) electrons. The van der Waals surface area contributed by atoms with Gasteiger partial charge in [-0.05, 0) is 60.0 Å². The topological polar surface area (TPSA) is 83.4 Å². The van der Waals surface area contributed by atoms with Crippen molar-refractivity contribution in [1.82, 2.24) is 5.01 Å². The standard InChI is InChI=1S/C28H26N4O3S/c1-18-7-6-10-21(15-18)29-26(33)17-25-27(34)30-28(36-25)32-24(20-8-4-3-5-9-20)16-23(31-32)19-11-13-22(35-2)14-12-19/h3-15,24-25H,16-17H2,1-2H3,(H,29,33). The molecule has 7 nitrogen and oxygen atoms in total. The Kier molecular flexibility index (Phi) is 6.86. The van der Waals surface area contributed by atoms with Gasteiger partial charge in [-0.2, -0.15) is 10.1 Å². The smallest absolute Gasteiger partial charge is 0.262 e. The zero-order valence-electron chi connectivity index (χ0n) is 20.0. The van der Waals surface area contributed by atoms with E-state index in [4.69, 9.17) is 9.84 Å². The summed E-state index contributed by atoms with van der Waals surface area (Å²) in [5.74, 6) is 0.252. The van der Waals surface area contributed by atoms with Crippen LogP contribution in [0.5, 0.6) is 5.75 Å². The van der Waals surface area contributed by atoms with Crippen LogP contribution in [0.1, 0.15) is 35.6 Å². The van der Waals surface area contributed by atoms with Crippen molar-refractivity contribution < 1.29 is 14.3 Å². The Bertz CT molecular complexity index is 1340. The summed E-state index contributed by atoms with van der Waals surface area (Å²) in [5.41, 5.74) is 4.75. The molecule has 1 N–H and O–H groups in total. The number of amidine groups is 1. The largest absolute Gasteiger partial charge is 0.497 e. The van der Waals surface area contributed by atoms with Crippen LogP contribution < -0.4 is 10.1 Å². The summed E-state index contributed by atoms with van der Waals surface area (Å²) >= 11 is 1.30. The second-order valence-corrected chi connectivity index (χ2v) is 9.88. The fourth-order valence-electron chi connectivity index (χ4n) is 4.29. The number of hydrogen-bond acceptors (Lipinski definition) is 6. The Balaban J connectivity index is 1.34. The molecule has 0 spiro atoms. The van der Waals surface area contributed by atoms with Crippen LogP contribution in [0.4, 0.5) is 5.69 Å². The van der Waals surface area contributed by atoms with Crippen LogP contribution in [0.3, 0.4) is 0 Å². The third kappa shape index (κ3) is 5.18. The summed E-state index contributed by atoms with van der Waals surface area (Å²) < 4.78 is 5.28. The number of nitrogens with one attached hydrogen (secondary N) is 1. The lowest BCUT2D eigenvalue weighted by Gasteiger charge is -2.23. The van der Waals surface area contributed by atoms with E-state index >= 15 is 0 Å². The Morgan fingerprint density at radius 3 is 2.58 bits per heavy atom. The van der Waals surface area contributed by atoms with Crippen LogP contribution in [0, 0.1) is 6.92 Å². The second-order valence-electron chi connectivity index (χ2n) is 8.71. The summed E-state index contributed by atoms with van der Waals surface area (Å²) in [4.78, 5) is 29.7. The highest BCUT2D eigenvalue weighted by Gasteiger charge is 2.39. The molecule has 0 saturated heterocycles. The molecule has 0 saturated carbocycles. The van der Waals surface area contributed by atoms with E-state index in [0.29, 0.717) is 17.3 Å². The molecule has 2 unspecified atom stereocenters. The van der Waals surface area contributed by atoms with E-state index in [0.717, 1.165) is 28.2 Å². The molecule has 5 rings (SSSR count). The van der Waals surface area contributed by atoms with Crippen LogP contribution in [0.25, 0.3) is 0 Å². The highest BCUT2D eigenvalue weighted by Crippen LogP contribution is 2.38. The first-order valence-electron chi connectivity index (χ1n) is 11.7. The number of anilines is 1. The molecule has 3 aromatic rings. The summed E-state index contributed by atoms with van der Waals surface area (Å²) in [6.07, 6.45) is 0.714. The number of carbonyl (C=O) groups excluding carboxylic acids is 2. The van der Waals surface area contributed by atoms with Gasteiger partial charge in [0, 0.05) is 18.5 Å². The van der Waals surface area contributed by atoms with Gasteiger partial charge in [0.15, 0.2) is 5.17 Å². The maximum absolute atomic E-state index is 12.8. The molecule has 0 fully saturated rings. The maximum Gasteiger partial charge on any atom is 0.262 e. The first-order valence-corrected chi connectivity index (χ1v) is 12.6. The van der Waals surface area contributed by atoms with Gasteiger partial charge in [-0.15, -0.1) is 0 Å². The molecule has 2 atom stereocenters. The van der Waals surface area contributed by atoms with Crippen molar-refractivity contribution in [2.75, 3.05) is 12.4 Å². The van der Waals surface area contributed by atoms with E-state index in [1.807, 2.05) is 78.7 Å². The predicted octanol–water partition coefficient (Wildman–Crippen LogP) is 5.18.